The van der Waals surface area contributed by atoms with E-state index in [9.17, 15) is 9.59 Å². The van der Waals surface area contributed by atoms with Crippen molar-refractivity contribution < 1.29 is 18.4 Å². The van der Waals surface area contributed by atoms with E-state index in [0.29, 0.717) is 24.9 Å². The van der Waals surface area contributed by atoms with E-state index in [1.807, 2.05) is 13.8 Å². The van der Waals surface area contributed by atoms with Gasteiger partial charge in [-0.3, -0.25) is 9.59 Å². The fourth-order valence-electron chi connectivity index (χ4n) is 1.67. The lowest BCUT2D eigenvalue weighted by molar-refractivity contribution is -0.141. The van der Waals surface area contributed by atoms with Crippen LogP contribution in [0.15, 0.2) is 0 Å². The molecule has 0 unspecified atom stereocenters. The standard InChI is InChI=1S/C12H24O4Si/c1-5-9-17(10-6-2,15-11(13)7-3)16-12(14)8-4/h5-10H2,1-4H3. The van der Waals surface area contributed by atoms with Crippen molar-refractivity contribution in [3.8, 4) is 0 Å². The number of hydrogen-bond acceptors (Lipinski definition) is 4. The molecule has 0 atom stereocenters. The second-order valence-electron chi connectivity index (χ2n) is 4.07. The Morgan fingerprint density at radius 2 is 1.18 bits per heavy atom. The molecule has 0 aromatic heterocycles. The molecule has 5 heteroatoms. The van der Waals surface area contributed by atoms with E-state index >= 15 is 0 Å². The van der Waals surface area contributed by atoms with Gasteiger partial charge in [0.15, 0.2) is 0 Å². The lowest BCUT2D eigenvalue weighted by Crippen LogP contribution is -2.45. The first kappa shape index (κ1) is 16.2. The van der Waals surface area contributed by atoms with E-state index in [4.69, 9.17) is 8.85 Å². The van der Waals surface area contributed by atoms with Gasteiger partial charge in [0.05, 0.1) is 0 Å². The molecule has 0 aliphatic carbocycles. The molecule has 0 saturated carbocycles. The number of carbonyl (C=O) groups is 2. The summed E-state index contributed by atoms with van der Waals surface area (Å²) in [6.45, 7) is 7.52. The second kappa shape index (κ2) is 8.28. The zero-order valence-electron chi connectivity index (χ0n) is 11.4. The summed E-state index contributed by atoms with van der Waals surface area (Å²) in [4.78, 5) is 22.9. The molecule has 0 fully saturated rings. The van der Waals surface area contributed by atoms with E-state index in [2.05, 4.69) is 0 Å². The van der Waals surface area contributed by atoms with Crippen LogP contribution in [-0.2, 0) is 18.4 Å². The molecule has 4 nitrogen and oxygen atoms in total. The molecule has 0 heterocycles. The van der Waals surface area contributed by atoms with Crippen LogP contribution < -0.4 is 0 Å². The summed E-state index contributed by atoms with van der Waals surface area (Å²) in [5.74, 6) is -0.523. The maximum atomic E-state index is 11.5. The maximum Gasteiger partial charge on any atom is 0.464 e. The minimum absolute atomic E-state index is 0.262. The Kier molecular flexibility index (Phi) is 7.87. The maximum absolute atomic E-state index is 11.5. The molecule has 100 valence electrons. The van der Waals surface area contributed by atoms with E-state index in [0.717, 1.165) is 12.8 Å². The predicted octanol–water partition coefficient (Wildman–Crippen LogP) is 3.16. The topological polar surface area (TPSA) is 52.6 Å². The summed E-state index contributed by atoms with van der Waals surface area (Å²) >= 11 is 0. The second-order valence-corrected chi connectivity index (χ2v) is 7.30. The van der Waals surface area contributed by atoms with Gasteiger partial charge in [0.2, 0.25) is 0 Å². The van der Waals surface area contributed by atoms with Crippen LogP contribution in [0, 0.1) is 0 Å². The molecular formula is C12H24O4Si. The molecule has 0 radical (unpaired) electrons. The van der Waals surface area contributed by atoms with Crippen LogP contribution in [0.5, 0.6) is 0 Å². The average Bonchev–Trinajstić information content (AvgIpc) is 2.29. The molecule has 0 aromatic rings. The quantitative estimate of drug-likeness (QED) is 0.629. The third kappa shape index (κ3) is 5.86. The molecule has 0 N–H and O–H groups in total. The van der Waals surface area contributed by atoms with Crippen LogP contribution in [0.25, 0.3) is 0 Å². The SMILES string of the molecule is CCC[Si](CCC)(OC(=O)CC)OC(=O)CC. The Balaban J connectivity index is 4.82. The van der Waals surface area contributed by atoms with Crippen molar-refractivity contribution in [2.24, 2.45) is 0 Å². The number of hydrogen-bond donors (Lipinski definition) is 0. The van der Waals surface area contributed by atoms with E-state index < -0.39 is 8.56 Å². The summed E-state index contributed by atoms with van der Waals surface area (Å²) in [5.41, 5.74) is 0. The normalized spacial score (nSPS) is 11.1. The average molecular weight is 260 g/mol. The van der Waals surface area contributed by atoms with Gasteiger partial charge < -0.3 is 8.85 Å². The summed E-state index contributed by atoms with van der Waals surface area (Å²) in [7, 11) is -2.66. The monoisotopic (exact) mass is 260 g/mol. The minimum atomic E-state index is -2.66. The van der Waals surface area contributed by atoms with Crippen LogP contribution in [-0.4, -0.2) is 20.5 Å². The van der Waals surface area contributed by atoms with Gasteiger partial charge in [0.25, 0.3) is 11.9 Å². The Labute approximate surface area is 105 Å². The minimum Gasteiger partial charge on any atom is -0.485 e. The zero-order chi connectivity index (χ0) is 13.3. The number of carbonyl (C=O) groups excluding carboxylic acids is 2. The van der Waals surface area contributed by atoms with Gasteiger partial charge in [0, 0.05) is 24.9 Å². The van der Waals surface area contributed by atoms with Crippen molar-refractivity contribution >= 4 is 20.5 Å². The Morgan fingerprint density at radius 1 is 0.824 bits per heavy atom. The van der Waals surface area contributed by atoms with Gasteiger partial charge in [-0.05, 0) is 0 Å². The molecule has 0 bridgehead atoms. The fourth-order valence-corrected chi connectivity index (χ4v) is 5.01. The highest BCUT2D eigenvalue weighted by atomic mass is 28.4. The van der Waals surface area contributed by atoms with Gasteiger partial charge in [0.1, 0.15) is 0 Å². The van der Waals surface area contributed by atoms with Crippen molar-refractivity contribution in [1.29, 1.82) is 0 Å². The molecule has 17 heavy (non-hydrogen) atoms. The first-order valence-electron chi connectivity index (χ1n) is 6.47. The van der Waals surface area contributed by atoms with E-state index in [1.165, 1.54) is 0 Å². The van der Waals surface area contributed by atoms with Crippen LogP contribution in [0.4, 0.5) is 0 Å². The van der Waals surface area contributed by atoms with Crippen molar-refractivity contribution in [2.75, 3.05) is 0 Å². The van der Waals surface area contributed by atoms with Crippen LogP contribution in [0.2, 0.25) is 12.1 Å². The molecule has 0 rings (SSSR count). The molecule has 0 spiro atoms. The fraction of sp³-hybridized carbons (Fsp3) is 0.833. The molecular weight excluding hydrogens is 236 g/mol. The van der Waals surface area contributed by atoms with E-state index in [-0.39, 0.29) is 11.9 Å². The number of rotatable bonds is 8. The molecule has 0 aliphatic heterocycles. The molecule has 0 aliphatic rings. The summed E-state index contributed by atoms with van der Waals surface area (Å²) in [6.07, 6.45) is 2.37. The summed E-state index contributed by atoms with van der Waals surface area (Å²) in [6, 6.07) is 1.39. The van der Waals surface area contributed by atoms with Gasteiger partial charge in [-0.2, -0.15) is 0 Å². The van der Waals surface area contributed by atoms with Crippen molar-refractivity contribution in [1.82, 2.24) is 0 Å². The van der Waals surface area contributed by atoms with Gasteiger partial charge in [-0.25, -0.2) is 0 Å². The van der Waals surface area contributed by atoms with Crippen LogP contribution in [0.1, 0.15) is 53.4 Å². The third-order valence-corrected chi connectivity index (χ3v) is 6.16. The predicted molar refractivity (Wildman–Crippen MR) is 68.7 cm³/mol. The molecule has 0 amide bonds. The first-order chi connectivity index (χ1) is 8.03. The Hall–Kier alpha value is -0.843. The highest BCUT2D eigenvalue weighted by molar-refractivity contribution is 6.70. The third-order valence-electron chi connectivity index (χ3n) is 2.44. The Morgan fingerprint density at radius 3 is 1.41 bits per heavy atom. The van der Waals surface area contributed by atoms with Gasteiger partial charge in [-0.15, -0.1) is 0 Å². The van der Waals surface area contributed by atoms with E-state index in [1.54, 1.807) is 13.8 Å². The van der Waals surface area contributed by atoms with Crippen molar-refractivity contribution in [2.45, 2.75) is 65.5 Å². The van der Waals surface area contributed by atoms with Crippen molar-refractivity contribution in [3.05, 3.63) is 0 Å². The smallest absolute Gasteiger partial charge is 0.464 e. The zero-order valence-corrected chi connectivity index (χ0v) is 12.4. The lowest BCUT2D eigenvalue weighted by atomic mass is 10.5. The molecule has 0 aromatic carbocycles. The summed E-state index contributed by atoms with van der Waals surface area (Å²) in [5, 5.41) is 0. The van der Waals surface area contributed by atoms with Gasteiger partial charge >= 0.3 is 8.56 Å². The highest BCUT2D eigenvalue weighted by Crippen LogP contribution is 2.24. The Bertz CT molecular complexity index is 227. The van der Waals surface area contributed by atoms with Crippen molar-refractivity contribution in [3.63, 3.8) is 0 Å². The molecule has 0 saturated heterocycles. The highest BCUT2D eigenvalue weighted by Gasteiger charge is 2.42. The lowest BCUT2D eigenvalue weighted by Gasteiger charge is -2.29. The van der Waals surface area contributed by atoms with Crippen LogP contribution >= 0.6 is 0 Å². The van der Waals surface area contributed by atoms with Gasteiger partial charge in [-0.1, -0.05) is 40.5 Å². The van der Waals surface area contributed by atoms with Crippen LogP contribution in [0.3, 0.4) is 0 Å². The summed E-state index contributed by atoms with van der Waals surface area (Å²) < 4.78 is 11.0. The largest absolute Gasteiger partial charge is 0.485 e. The first-order valence-corrected chi connectivity index (χ1v) is 8.70.